The van der Waals surface area contributed by atoms with E-state index in [2.05, 4.69) is 10.3 Å². The fraction of sp³-hybridized carbons (Fsp3) is 0.263. The zero-order valence-electron chi connectivity index (χ0n) is 14.9. The molecule has 0 aliphatic rings. The first-order valence-corrected chi connectivity index (χ1v) is 8.12. The molecule has 3 N–H and O–H groups in total. The smallest absolute Gasteiger partial charge is 0.248 e. The first kappa shape index (κ1) is 21.9. The third-order valence-corrected chi connectivity index (χ3v) is 3.68. The largest absolute Gasteiger partial charge is 0.366 e. The number of primary amides is 1. The van der Waals surface area contributed by atoms with E-state index >= 15 is 0 Å². The van der Waals surface area contributed by atoms with Gasteiger partial charge in [-0.2, -0.15) is 0 Å². The Morgan fingerprint density at radius 3 is 2.23 bits per heavy atom. The Kier molecular flexibility index (Phi) is 9.04. The van der Waals surface area contributed by atoms with E-state index in [9.17, 15) is 9.18 Å². The summed E-state index contributed by atoms with van der Waals surface area (Å²) in [4.78, 5) is 17.7. The highest BCUT2D eigenvalue weighted by molar-refractivity contribution is 14.0. The highest BCUT2D eigenvalue weighted by atomic mass is 127. The highest BCUT2D eigenvalue weighted by Crippen LogP contribution is 2.08. The average molecular weight is 470 g/mol. The van der Waals surface area contributed by atoms with Gasteiger partial charge in [-0.15, -0.1) is 24.0 Å². The van der Waals surface area contributed by atoms with Crippen molar-refractivity contribution in [1.29, 1.82) is 0 Å². The van der Waals surface area contributed by atoms with E-state index in [1.807, 2.05) is 31.0 Å². The summed E-state index contributed by atoms with van der Waals surface area (Å²) in [5, 5.41) is 3.24. The molecular formula is C19H24FIN4O. The van der Waals surface area contributed by atoms with E-state index in [1.165, 1.54) is 12.1 Å². The Bertz CT molecular complexity index is 732. The van der Waals surface area contributed by atoms with Gasteiger partial charge in [0.1, 0.15) is 5.82 Å². The van der Waals surface area contributed by atoms with E-state index < -0.39 is 5.91 Å². The van der Waals surface area contributed by atoms with Gasteiger partial charge in [0.2, 0.25) is 5.91 Å². The molecule has 5 nitrogen and oxygen atoms in total. The number of guanidine groups is 1. The van der Waals surface area contributed by atoms with E-state index in [1.54, 1.807) is 24.3 Å². The second-order valence-corrected chi connectivity index (χ2v) is 5.71. The number of nitrogens with one attached hydrogen (secondary N) is 1. The van der Waals surface area contributed by atoms with Crippen LogP contribution in [0, 0.1) is 5.82 Å². The first-order valence-electron chi connectivity index (χ1n) is 8.12. The number of halogens is 2. The van der Waals surface area contributed by atoms with Crippen molar-refractivity contribution in [3.05, 3.63) is 71.0 Å². The fourth-order valence-corrected chi connectivity index (χ4v) is 2.35. The van der Waals surface area contributed by atoms with Crippen LogP contribution in [0.25, 0.3) is 0 Å². The van der Waals surface area contributed by atoms with Crippen LogP contribution in [0.2, 0.25) is 0 Å². The lowest BCUT2D eigenvalue weighted by molar-refractivity contribution is 0.100. The van der Waals surface area contributed by atoms with Crippen molar-refractivity contribution in [3.8, 4) is 0 Å². The molecule has 0 atom stereocenters. The van der Waals surface area contributed by atoms with Crippen LogP contribution in [0.1, 0.15) is 28.4 Å². The number of aliphatic imine (C=N–C) groups is 1. The Morgan fingerprint density at radius 1 is 1.12 bits per heavy atom. The maximum Gasteiger partial charge on any atom is 0.248 e. The van der Waals surface area contributed by atoms with Crippen molar-refractivity contribution in [3.63, 3.8) is 0 Å². The number of rotatable bonds is 6. The molecule has 2 aromatic rings. The van der Waals surface area contributed by atoms with Crippen LogP contribution >= 0.6 is 24.0 Å². The molecule has 0 heterocycles. The first-order chi connectivity index (χ1) is 12.0. The molecule has 0 aliphatic carbocycles. The Hall–Kier alpha value is -2.16. The maximum absolute atomic E-state index is 13.0. The molecule has 26 heavy (non-hydrogen) atoms. The minimum absolute atomic E-state index is 0. The van der Waals surface area contributed by atoms with Crippen molar-refractivity contribution in [2.45, 2.75) is 20.0 Å². The van der Waals surface area contributed by atoms with Crippen LogP contribution < -0.4 is 11.1 Å². The van der Waals surface area contributed by atoms with Crippen molar-refractivity contribution >= 4 is 35.8 Å². The average Bonchev–Trinajstić information content (AvgIpc) is 2.60. The van der Waals surface area contributed by atoms with E-state index in [-0.39, 0.29) is 29.8 Å². The highest BCUT2D eigenvalue weighted by Gasteiger charge is 2.07. The summed E-state index contributed by atoms with van der Waals surface area (Å²) < 4.78 is 13.0. The topological polar surface area (TPSA) is 70.7 Å². The molecule has 0 fully saturated rings. The zero-order chi connectivity index (χ0) is 18.2. The monoisotopic (exact) mass is 470 g/mol. The van der Waals surface area contributed by atoms with Gasteiger partial charge < -0.3 is 16.0 Å². The minimum atomic E-state index is -0.442. The molecule has 2 aromatic carbocycles. The zero-order valence-corrected chi connectivity index (χ0v) is 17.2. The second-order valence-electron chi connectivity index (χ2n) is 5.71. The van der Waals surface area contributed by atoms with Crippen molar-refractivity contribution < 1.29 is 9.18 Å². The van der Waals surface area contributed by atoms with Crippen LogP contribution in [0.15, 0.2) is 53.5 Å². The van der Waals surface area contributed by atoms with Gasteiger partial charge in [0.25, 0.3) is 0 Å². The third-order valence-electron chi connectivity index (χ3n) is 3.68. The quantitative estimate of drug-likeness (QED) is 0.387. The van der Waals surface area contributed by atoms with Gasteiger partial charge in [-0.1, -0.05) is 24.3 Å². The summed E-state index contributed by atoms with van der Waals surface area (Å²) in [6, 6.07) is 13.5. The fourth-order valence-electron chi connectivity index (χ4n) is 2.35. The molecule has 0 aromatic heterocycles. The maximum atomic E-state index is 13.0. The van der Waals surface area contributed by atoms with E-state index in [0.29, 0.717) is 18.7 Å². The van der Waals surface area contributed by atoms with Gasteiger partial charge >= 0.3 is 0 Å². The third kappa shape index (κ3) is 6.62. The number of nitrogens with two attached hydrogens (primary N) is 1. The molecule has 0 radical (unpaired) electrons. The Balaban J connectivity index is 0.00000338. The van der Waals surface area contributed by atoms with Crippen LogP contribution in [0.4, 0.5) is 4.39 Å². The van der Waals surface area contributed by atoms with Gasteiger partial charge in [0, 0.05) is 25.7 Å². The van der Waals surface area contributed by atoms with E-state index in [0.717, 1.165) is 23.6 Å². The normalized spacial score (nSPS) is 10.8. The molecule has 0 saturated heterocycles. The molecule has 140 valence electrons. The lowest BCUT2D eigenvalue weighted by Crippen LogP contribution is -2.38. The van der Waals surface area contributed by atoms with Crippen molar-refractivity contribution in [2.24, 2.45) is 10.7 Å². The lowest BCUT2D eigenvalue weighted by Gasteiger charge is -2.22. The van der Waals surface area contributed by atoms with Gasteiger partial charge in [0.05, 0.1) is 6.54 Å². The number of nitrogens with zero attached hydrogens (tertiary/aromatic N) is 2. The standard InChI is InChI=1S/C19H23FN4O.HI/c1-3-22-19(24(2)13-15-6-10-17(20)11-7-15)23-12-14-4-8-16(9-5-14)18(21)25;/h4-11H,3,12-13H2,1-2H3,(H2,21,25)(H,22,23);1H. The summed E-state index contributed by atoms with van der Waals surface area (Å²) in [7, 11) is 1.93. The molecule has 0 saturated carbocycles. The predicted molar refractivity (Wildman–Crippen MR) is 113 cm³/mol. The van der Waals surface area contributed by atoms with Gasteiger partial charge in [-0.25, -0.2) is 9.38 Å². The summed E-state index contributed by atoms with van der Waals surface area (Å²) >= 11 is 0. The lowest BCUT2D eigenvalue weighted by atomic mass is 10.1. The van der Waals surface area contributed by atoms with Crippen LogP contribution in [-0.4, -0.2) is 30.4 Å². The van der Waals surface area contributed by atoms with E-state index in [4.69, 9.17) is 5.73 Å². The molecule has 2 rings (SSSR count). The number of hydrogen-bond acceptors (Lipinski definition) is 2. The van der Waals surface area contributed by atoms with Gasteiger partial charge in [-0.3, -0.25) is 4.79 Å². The molecular weight excluding hydrogens is 446 g/mol. The summed E-state index contributed by atoms with van der Waals surface area (Å²) in [5.74, 6) is 0.0691. The SMILES string of the molecule is CCNC(=NCc1ccc(C(N)=O)cc1)N(C)Cc1ccc(F)cc1.I. The predicted octanol–water partition coefficient (Wildman–Crippen LogP) is 3.14. The molecule has 0 aliphatic heterocycles. The minimum Gasteiger partial charge on any atom is -0.366 e. The van der Waals surface area contributed by atoms with Crippen molar-refractivity contribution in [1.82, 2.24) is 10.2 Å². The number of amides is 1. The number of hydrogen-bond donors (Lipinski definition) is 2. The number of carbonyl (C=O) groups is 1. The molecule has 7 heteroatoms. The van der Waals surface area contributed by atoms with Gasteiger partial charge in [0.15, 0.2) is 5.96 Å². The summed E-state index contributed by atoms with van der Waals surface area (Å²) in [6.45, 7) is 3.85. The second kappa shape index (κ2) is 10.7. The molecule has 1 amide bonds. The molecule has 0 bridgehead atoms. The summed E-state index contributed by atoms with van der Waals surface area (Å²) in [6.07, 6.45) is 0. The van der Waals surface area contributed by atoms with Crippen molar-refractivity contribution in [2.75, 3.05) is 13.6 Å². The molecule has 0 unspecified atom stereocenters. The van der Waals surface area contributed by atoms with Crippen LogP contribution in [-0.2, 0) is 13.1 Å². The number of benzene rings is 2. The van der Waals surface area contributed by atoms with Crippen LogP contribution in [0.3, 0.4) is 0 Å². The Labute approximate surface area is 170 Å². The van der Waals surface area contributed by atoms with Gasteiger partial charge in [-0.05, 0) is 42.3 Å². The van der Waals surface area contributed by atoms with Crippen LogP contribution in [0.5, 0.6) is 0 Å². The number of carbonyl (C=O) groups excluding carboxylic acids is 1. The molecule has 0 spiro atoms. The summed E-state index contributed by atoms with van der Waals surface area (Å²) in [5.41, 5.74) is 7.70. The Morgan fingerprint density at radius 2 is 1.69 bits per heavy atom.